The van der Waals surface area contributed by atoms with E-state index in [1.165, 1.54) is 6.07 Å². The van der Waals surface area contributed by atoms with Crippen LogP contribution in [0.2, 0.25) is 25.1 Å². The molecule has 0 fully saturated rings. The summed E-state index contributed by atoms with van der Waals surface area (Å²) in [7, 11) is 0. The second-order valence-electron chi connectivity index (χ2n) is 3.29. The molecule has 2 rings (SSSR count). The second-order valence-corrected chi connectivity index (χ2v) is 5.39. The predicted octanol–water partition coefficient (Wildman–Crippen LogP) is 6.51. The lowest BCUT2D eigenvalue weighted by molar-refractivity contribution is 1.48. The summed E-state index contributed by atoms with van der Waals surface area (Å²) in [5.41, 5.74) is 0.411. The van der Waals surface area contributed by atoms with Crippen molar-refractivity contribution in [1.29, 1.82) is 5.26 Å². The molecule has 0 aromatic heterocycles. The van der Waals surface area contributed by atoms with Crippen LogP contribution in [-0.4, -0.2) is 0 Å². The molecule has 0 aliphatic heterocycles. The van der Waals surface area contributed by atoms with Crippen molar-refractivity contribution >= 4 is 58.0 Å². The van der Waals surface area contributed by atoms with Crippen LogP contribution in [0.5, 0.6) is 0 Å². The molecular formula is C13H6Cl5N. The molecule has 2 aromatic rings. The van der Waals surface area contributed by atoms with Gasteiger partial charge in [0.1, 0.15) is 6.07 Å². The maximum absolute atomic E-state index is 8.45. The van der Waals surface area contributed by atoms with Crippen molar-refractivity contribution in [2.75, 3.05) is 0 Å². The molecule has 0 heterocycles. The number of benzene rings is 2. The van der Waals surface area contributed by atoms with Crippen molar-refractivity contribution in [2.45, 2.75) is 0 Å². The number of hydrogen-bond acceptors (Lipinski definition) is 1. The highest BCUT2D eigenvalue weighted by Gasteiger charge is 1.97. The Morgan fingerprint density at radius 2 is 1.21 bits per heavy atom. The lowest BCUT2D eigenvalue weighted by Gasteiger charge is -1.92. The summed E-state index contributed by atoms with van der Waals surface area (Å²) in [5, 5.41) is 11.0. The first-order valence-electron chi connectivity index (χ1n) is 4.89. The third kappa shape index (κ3) is 5.48. The van der Waals surface area contributed by atoms with E-state index in [0.717, 1.165) is 0 Å². The van der Waals surface area contributed by atoms with Gasteiger partial charge in [0, 0.05) is 10.0 Å². The molecular weight excluding hydrogens is 347 g/mol. The van der Waals surface area contributed by atoms with Gasteiger partial charge in [-0.2, -0.15) is 5.26 Å². The average Bonchev–Trinajstić information content (AvgIpc) is 2.38. The van der Waals surface area contributed by atoms with Gasteiger partial charge in [0.05, 0.1) is 20.6 Å². The number of rotatable bonds is 0. The van der Waals surface area contributed by atoms with Gasteiger partial charge in [0.2, 0.25) is 0 Å². The molecule has 19 heavy (non-hydrogen) atoms. The van der Waals surface area contributed by atoms with E-state index in [1.807, 2.05) is 6.07 Å². The second kappa shape index (κ2) is 7.85. The van der Waals surface area contributed by atoms with Crippen LogP contribution in [-0.2, 0) is 0 Å². The minimum atomic E-state index is 0.411. The number of nitrogens with zero attached hydrogens (tertiary/aromatic N) is 1. The molecule has 0 unspecified atom stereocenters. The predicted molar refractivity (Wildman–Crippen MR) is 82.6 cm³/mol. The van der Waals surface area contributed by atoms with E-state index in [1.54, 1.807) is 30.3 Å². The van der Waals surface area contributed by atoms with Crippen molar-refractivity contribution in [3.05, 3.63) is 67.1 Å². The van der Waals surface area contributed by atoms with E-state index < -0.39 is 0 Å². The van der Waals surface area contributed by atoms with Crippen molar-refractivity contribution in [2.24, 2.45) is 0 Å². The van der Waals surface area contributed by atoms with Gasteiger partial charge in [-0.1, -0.05) is 58.0 Å². The Morgan fingerprint density at radius 1 is 0.684 bits per heavy atom. The number of hydrogen-bond donors (Lipinski definition) is 0. The van der Waals surface area contributed by atoms with Crippen LogP contribution in [0.1, 0.15) is 5.56 Å². The monoisotopic (exact) mass is 351 g/mol. The van der Waals surface area contributed by atoms with Gasteiger partial charge in [-0.3, -0.25) is 0 Å². The first-order chi connectivity index (χ1) is 8.93. The molecule has 0 aliphatic carbocycles. The molecule has 0 saturated carbocycles. The highest BCUT2D eigenvalue weighted by Crippen LogP contribution is 2.24. The lowest BCUT2D eigenvalue weighted by atomic mass is 10.2. The fraction of sp³-hybridized carbons (Fsp3) is 0. The molecule has 0 N–H and O–H groups in total. The molecule has 2 aromatic carbocycles. The van der Waals surface area contributed by atoms with Crippen LogP contribution in [0.15, 0.2) is 36.4 Å². The number of nitriles is 1. The molecule has 0 saturated heterocycles. The van der Waals surface area contributed by atoms with Crippen LogP contribution < -0.4 is 0 Å². The van der Waals surface area contributed by atoms with Gasteiger partial charge in [0.25, 0.3) is 0 Å². The topological polar surface area (TPSA) is 23.8 Å². The van der Waals surface area contributed by atoms with E-state index in [4.69, 9.17) is 63.3 Å². The third-order valence-corrected chi connectivity index (χ3v) is 3.47. The SMILES string of the molecule is Clc1ccc(Cl)c(Cl)c1.N#Cc1cc(Cl)ccc1Cl. The fourth-order valence-corrected chi connectivity index (χ4v) is 1.91. The van der Waals surface area contributed by atoms with Gasteiger partial charge < -0.3 is 0 Å². The summed E-state index contributed by atoms with van der Waals surface area (Å²) >= 11 is 28.0. The zero-order valence-electron chi connectivity index (χ0n) is 9.30. The highest BCUT2D eigenvalue weighted by atomic mass is 35.5. The quantitative estimate of drug-likeness (QED) is 0.495. The molecule has 0 radical (unpaired) electrons. The van der Waals surface area contributed by atoms with Crippen LogP contribution in [0.3, 0.4) is 0 Å². The first-order valence-corrected chi connectivity index (χ1v) is 6.78. The zero-order chi connectivity index (χ0) is 14.4. The average molecular weight is 353 g/mol. The third-order valence-electron chi connectivity index (χ3n) is 1.93. The summed E-state index contributed by atoms with van der Waals surface area (Å²) in [4.78, 5) is 0. The maximum atomic E-state index is 8.45. The fourth-order valence-electron chi connectivity index (χ4n) is 1.05. The smallest absolute Gasteiger partial charge is 0.101 e. The van der Waals surface area contributed by atoms with Crippen molar-refractivity contribution in [3.63, 3.8) is 0 Å². The van der Waals surface area contributed by atoms with Gasteiger partial charge >= 0.3 is 0 Å². The van der Waals surface area contributed by atoms with Gasteiger partial charge in [0.15, 0.2) is 0 Å². The van der Waals surface area contributed by atoms with Gasteiger partial charge in [-0.25, -0.2) is 0 Å². The largest absolute Gasteiger partial charge is 0.192 e. The zero-order valence-corrected chi connectivity index (χ0v) is 13.1. The Kier molecular flexibility index (Phi) is 6.79. The Morgan fingerprint density at radius 3 is 1.63 bits per heavy atom. The van der Waals surface area contributed by atoms with Crippen molar-refractivity contribution in [3.8, 4) is 6.07 Å². The molecule has 0 aliphatic rings. The van der Waals surface area contributed by atoms with E-state index in [-0.39, 0.29) is 0 Å². The summed E-state index contributed by atoms with van der Waals surface area (Å²) < 4.78 is 0. The Bertz CT molecular complexity index is 619. The summed E-state index contributed by atoms with van der Waals surface area (Å²) in [6.07, 6.45) is 0. The highest BCUT2D eigenvalue weighted by molar-refractivity contribution is 6.43. The minimum Gasteiger partial charge on any atom is -0.192 e. The van der Waals surface area contributed by atoms with Crippen LogP contribution in [0.25, 0.3) is 0 Å². The molecule has 1 nitrogen and oxygen atoms in total. The number of halogens is 5. The Balaban J connectivity index is 0.000000191. The molecule has 98 valence electrons. The van der Waals surface area contributed by atoms with Crippen molar-refractivity contribution < 1.29 is 0 Å². The summed E-state index contributed by atoms with van der Waals surface area (Å²) in [6, 6.07) is 11.6. The molecule has 0 spiro atoms. The summed E-state index contributed by atoms with van der Waals surface area (Å²) in [6.45, 7) is 0. The van der Waals surface area contributed by atoms with E-state index in [0.29, 0.717) is 30.7 Å². The van der Waals surface area contributed by atoms with Crippen LogP contribution in [0, 0.1) is 11.3 Å². The van der Waals surface area contributed by atoms with Gasteiger partial charge in [-0.05, 0) is 36.4 Å². The lowest BCUT2D eigenvalue weighted by Crippen LogP contribution is -1.74. The Hall–Kier alpha value is -0.620. The van der Waals surface area contributed by atoms with E-state index >= 15 is 0 Å². The normalized spacial score (nSPS) is 9.26. The van der Waals surface area contributed by atoms with Gasteiger partial charge in [-0.15, -0.1) is 0 Å². The van der Waals surface area contributed by atoms with E-state index in [9.17, 15) is 0 Å². The van der Waals surface area contributed by atoms with Crippen LogP contribution in [0.4, 0.5) is 0 Å². The molecule has 0 bridgehead atoms. The maximum Gasteiger partial charge on any atom is 0.101 e. The Labute approximate surface area is 136 Å². The van der Waals surface area contributed by atoms with E-state index in [2.05, 4.69) is 0 Å². The first kappa shape index (κ1) is 16.4. The molecule has 6 heteroatoms. The van der Waals surface area contributed by atoms with Crippen LogP contribution >= 0.6 is 58.0 Å². The molecule has 0 amide bonds. The standard InChI is InChI=1S/C7H3Cl2N.C6H3Cl3/c8-6-1-2-7(9)5(3-6)4-10;7-4-1-2-5(8)6(9)3-4/h1-3H;1-3H. The minimum absolute atomic E-state index is 0.411. The van der Waals surface area contributed by atoms with Crippen molar-refractivity contribution in [1.82, 2.24) is 0 Å². The summed E-state index contributed by atoms with van der Waals surface area (Å²) in [5.74, 6) is 0. The molecule has 0 atom stereocenters.